The minimum absolute atomic E-state index is 0.0398. The average molecular weight is 460 g/mol. The summed E-state index contributed by atoms with van der Waals surface area (Å²) in [5.74, 6) is -0.128. The number of nitrogens with zero attached hydrogens (tertiary/aromatic N) is 2. The van der Waals surface area contributed by atoms with Crippen molar-refractivity contribution >= 4 is 41.0 Å². The maximum atomic E-state index is 13.4. The summed E-state index contributed by atoms with van der Waals surface area (Å²) in [5.41, 5.74) is 2.17. The zero-order chi connectivity index (χ0) is 23.0. The maximum absolute atomic E-state index is 13.4. The molecule has 1 aromatic carbocycles. The highest BCUT2D eigenvalue weighted by molar-refractivity contribution is 6.31. The minimum Gasteiger partial charge on any atom is -0.374 e. The fraction of sp³-hybridized carbons (Fsp3) is 0.522. The van der Waals surface area contributed by atoms with Crippen LogP contribution in [0.2, 0.25) is 5.02 Å². The standard InChI is InChI=1S/C23H30ClN5O3/c1-13(26-14(2)30)10-29-12-23(3,4)32-11-20(29)22(31)28-18-8-15(24)7-17-16-5-6-25-9-19(16)27-21(17)18/h5-9,13,16,19-20,27H,10-12H2,1-4H3,(H,26,30)(H,28,31)/t13-,16?,19?,20-/m0/s1. The quantitative estimate of drug-likeness (QED) is 0.629. The molecule has 0 spiro atoms. The van der Waals surface area contributed by atoms with Gasteiger partial charge < -0.3 is 20.7 Å². The van der Waals surface area contributed by atoms with Gasteiger partial charge in [-0.1, -0.05) is 17.7 Å². The molecule has 0 aromatic heterocycles. The van der Waals surface area contributed by atoms with Crippen LogP contribution >= 0.6 is 11.6 Å². The number of hydrogen-bond donors (Lipinski definition) is 3. The van der Waals surface area contributed by atoms with Crippen molar-refractivity contribution in [3.63, 3.8) is 0 Å². The number of ether oxygens (including phenoxy) is 1. The van der Waals surface area contributed by atoms with Gasteiger partial charge in [0.15, 0.2) is 0 Å². The second kappa shape index (κ2) is 8.84. The molecule has 0 aliphatic carbocycles. The first kappa shape index (κ1) is 22.8. The molecule has 0 bridgehead atoms. The number of nitrogens with one attached hydrogen (secondary N) is 3. The Labute approximate surface area is 193 Å². The van der Waals surface area contributed by atoms with E-state index in [0.29, 0.717) is 23.8 Å². The molecule has 2 amide bonds. The van der Waals surface area contributed by atoms with Crippen LogP contribution in [-0.2, 0) is 14.3 Å². The fourth-order valence-corrected chi connectivity index (χ4v) is 4.91. The molecule has 4 atom stereocenters. The molecular formula is C23H30ClN5O3. The molecule has 9 heteroatoms. The Morgan fingerprint density at radius 3 is 2.94 bits per heavy atom. The largest absolute Gasteiger partial charge is 0.374 e. The molecular weight excluding hydrogens is 430 g/mol. The van der Waals surface area contributed by atoms with Gasteiger partial charge in [0.25, 0.3) is 0 Å². The first-order chi connectivity index (χ1) is 15.1. The summed E-state index contributed by atoms with van der Waals surface area (Å²) in [5, 5.41) is 9.98. The van der Waals surface area contributed by atoms with Crippen LogP contribution < -0.4 is 16.0 Å². The average Bonchev–Trinajstić information content (AvgIpc) is 3.05. The van der Waals surface area contributed by atoms with Crippen molar-refractivity contribution in [2.24, 2.45) is 4.99 Å². The van der Waals surface area contributed by atoms with E-state index in [-0.39, 0.29) is 42.0 Å². The molecule has 1 aromatic rings. The number of benzene rings is 1. The lowest BCUT2D eigenvalue weighted by atomic mass is 9.94. The highest BCUT2D eigenvalue weighted by atomic mass is 35.5. The molecule has 1 fully saturated rings. The van der Waals surface area contributed by atoms with Gasteiger partial charge in [-0.3, -0.25) is 19.5 Å². The highest BCUT2D eigenvalue weighted by Gasteiger charge is 2.39. The molecule has 32 heavy (non-hydrogen) atoms. The molecule has 0 radical (unpaired) electrons. The van der Waals surface area contributed by atoms with Gasteiger partial charge in [0, 0.05) is 49.4 Å². The molecule has 172 valence electrons. The third-order valence-corrected chi connectivity index (χ3v) is 6.21. The summed E-state index contributed by atoms with van der Waals surface area (Å²) in [6.07, 6.45) is 5.69. The number of morpholine rings is 1. The summed E-state index contributed by atoms with van der Waals surface area (Å²) in [7, 11) is 0. The van der Waals surface area contributed by atoms with Crippen LogP contribution in [0.15, 0.2) is 29.4 Å². The molecule has 0 saturated carbocycles. The first-order valence-corrected chi connectivity index (χ1v) is 11.3. The number of fused-ring (bicyclic) bond motifs is 3. The number of aliphatic imine (C=N–C) groups is 1. The second-order valence-corrected chi connectivity index (χ2v) is 9.80. The zero-order valence-electron chi connectivity index (χ0n) is 18.8. The van der Waals surface area contributed by atoms with Crippen LogP contribution in [0.3, 0.4) is 0 Å². The lowest BCUT2D eigenvalue weighted by Gasteiger charge is -2.43. The lowest BCUT2D eigenvalue weighted by molar-refractivity contribution is -0.143. The van der Waals surface area contributed by atoms with E-state index < -0.39 is 6.04 Å². The van der Waals surface area contributed by atoms with Gasteiger partial charge in [-0.15, -0.1) is 0 Å². The van der Waals surface area contributed by atoms with Crippen molar-refractivity contribution in [2.45, 2.75) is 57.3 Å². The van der Waals surface area contributed by atoms with Crippen molar-refractivity contribution in [1.82, 2.24) is 10.2 Å². The van der Waals surface area contributed by atoms with E-state index >= 15 is 0 Å². The van der Waals surface area contributed by atoms with Crippen molar-refractivity contribution < 1.29 is 14.3 Å². The summed E-state index contributed by atoms with van der Waals surface area (Å²) >= 11 is 6.40. The van der Waals surface area contributed by atoms with E-state index in [1.54, 1.807) is 12.3 Å². The summed E-state index contributed by atoms with van der Waals surface area (Å²) in [6.45, 7) is 8.82. The Kier molecular flexibility index (Phi) is 6.29. The van der Waals surface area contributed by atoms with E-state index in [1.165, 1.54) is 6.92 Å². The summed E-state index contributed by atoms with van der Waals surface area (Å²) in [6, 6.07) is 3.16. The Bertz CT molecular complexity index is 977. The van der Waals surface area contributed by atoms with Crippen LogP contribution in [0.1, 0.15) is 39.2 Å². The van der Waals surface area contributed by atoms with E-state index in [4.69, 9.17) is 16.3 Å². The highest BCUT2D eigenvalue weighted by Crippen LogP contribution is 2.44. The molecule has 4 rings (SSSR count). The SMILES string of the molecule is CC(=O)N[C@@H](C)CN1CC(C)(C)OC[C@H]1C(=O)Nc1cc(Cl)cc2c1NC1C=NC=CC21. The first-order valence-electron chi connectivity index (χ1n) is 10.9. The second-order valence-electron chi connectivity index (χ2n) is 9.36. The third kappa shape index (κ3) is 4.82. The van der Waals surface area contributed by atoms with Gasteiger partial charge in [0.1, 0.15) is 6.04 Å². The van der Waals surface area contributed by atoms with Gasteiger partial charge in [-0.05, 0) is 38.5 Å². The van der Waals surface area contributed by atoms with Crippen molar-refractivity contribution in [3.05, 3.63) is 35.0 Å². The zero-order valence-corrected chi connectivity index (χ0v) is 19.6. The molecule has 3 aliphatic rings. The van der Waals surface area contributed by atoms with Gasteiger partial charge in [-0.2, -0.15) is 0 Å². The molecule has 3 heterocycles. The minimum atomic E-state index is -0.487. The van der Waals surface area contributed by atoms with Crippen LogP contribution in [0.25, 0.3) is 0 Å². The number of hydrogen-bond acceptors (Lipinski definition) is 6. The summed E-state index contributed by atoms with van der Waals surface area (Å²) < 4.78 is 5.97. The predicted octanol–water partition coefficient (Wildman–Crippen LogP) is 2.76. The smallest absolute Gasteiger partial charge is 0.244 e. The van der Waals surface area contributed by atoms with Crippen molar-refractivity contribution in [1.29, 1.82) is 0 Å². The molecule has 8 nitrogen and oxygen atoms in total. The Morgan fingerprint density at radius 2 is 2.19 bits per heavy atom. The summed E-state index contributed by atoms with van der Waals surface area (Å²) in [4.78, 5) is 31.1. The predicted molar refractivity (Wildman–Crippen MR) is 127 cm³/mol. The van der Waals surface area contributed by atoms with Gasteiger partial charge >= 0.3 is 0 Å². The Hall–Kier alpha value is -2.42. The number of rotatable bonds is 5. The van der Waals surface area contributed by atoms with E-state index in [9.17, 15) is 9.59 Å². The van der Waals surface area contributed by atoms with Crippen molar-refractivity contribution in [2.75, 3.05) is 30.3 Å². The topological polar surface area (TPSA) is 95.1 Å². The third-order valence-electron chi connectivity index (χ3n) is 5.99. The maximum Gasteiger partial charge on any atom is 0.244 e. The number of carbonyl (C=O) groups is 2. The van der Waals surface area contributed by atoms with Crippen LogP contribution in [-0.4, -0.2) is 66.4 Å². The molecule has 3 aliphatic heterocycles. The lowest BCUT2D eigenvalue weighted by Crippen LogP contribution is -2.60. The number of anilines is 2. The van der Waals surface area contributed by atoms with Crippen LogP contribution in [0.5, 0.6) is 0 Å². The van der Waals surface area contributed by atoms with E-state index in [2.05, 4.69) is 25.8 Å². The molecule has 3 N–H and O–H groups in total. The number of carbonyl (C=O) groups excluding carboxylic acids is 2. The number of halogens is 1. The van der Waals surface area contributed by atoms with Gasteiger partial charge in [-0.25, -0.2) is 0 Å². The van der Waals surface area contributed by atoms with Gasteiger partial charge in [0.2, 0.25) is 11.8 Å². The fourth-order valence-electron chi connectivity index (χ4n) is 4.69. The Balaban J connectivity index is 1.54. The van der Waals surface area contributed by atoms with Crippen LogP contribution in [0.4, 0.5) is 11.4 Å². The van der Waals surface area contributed by atoms with Gasteiger partial charge in [0.05, 0.1) is 29.6 Å². The van der Waals surface area contributed by atoms with E-state index in [1.807, 2.05) is 39.1 Å². The number of amides is 2. The molecule has 1 saturated heterocycles. The van der Waals surface area contributed by atoms with Crippen molar-refractivity contribution in [3.8, 4) is 0 Å². The normalized spacial score (nSPS) is 26.6. The van der Waals surface area contributed by atoms with Crippen LogP contribution in [0, 0.1) is 0 Å². The Morgan fingerprint density at radius 1 is 1.41 bits per heavy atom. The molecule has 2 unspecified atom stereocenters. The van der Waals surface area contributed by atoms with E-state index in [0.717, 1.165) is 11.3 Å². The monoisotopic (exact) mass is 459 g/mol.